The number of ether oxygens (including phenoxy) is 1. The van der Waals surface area contributed by atoms with Gasteiger partial charge in [-0.2, -0.15) is 8.62 Å². The third kappa shape index (κ3) is 5.14. The average Bonchev–Trinajstić information content (AvgIpc) is 3.43. The number of phosphoric ester groups is 1. The predicted octanol–water partition coefficient (Wildman–Crippen LogP) is -1.61. The van der Waals surface area contributed by atoms with Gasteiger partial charge in [0.1, 0.15) is 18.2 Å². The number of nitrogen functional groups attached to an aromatic ring is 1. The van der Waals surface area contributed by atoms with Gasteiger partial charge in [0.05, 0.1) is 14.8 Å². The first-order valence-corrected chi connectivity index (χ1v) is 15.9. The molecule has 3 heterocycles. The van der Waals surface area contributed by atoms with Crippen LogP contribution in [0.25, 0.3) is 11.2 Å². The maximum atomic E-state index is 12.7. The lowest BCUT2D eigenvalue weighted by atomic mass is 9.83. The van der Waals surface area contributed by atoms with Crippen molar-refractivity contribution in [3.63, 3.8) is 0 Å². The minimum Gasteiger partial charge on any atom is -0.382 e. The summed E-state index contributed by atoms with van der Waals surface area (Å²) in [6, 6.07) is 5.24. The second-order valence-corrected chi connectivity index (χ2v) is 13.3. The van der Waals surface area contributed by atoms with Crippen molar-refractivity contribution in [2.75, 3.05) is 12.3 Å². The first-order valence-electron chi connectivity index (χ1n) is 11.4. The number of nitro groups is 3. The summed E-state index contributed by atoms with van der Waals surface area (Å²) in [6.45, 7) is -2.52. The fraction of sp³-hybridized carbons (Fsp3) is 0.312. The van der Waals surface area contributed by atoms with E-state index in [9.17, 15) is 64.0 Å². The van der Waals surface area contributed by atoms with Crippen molar-refractivity contribution in [1.29, 1.82) is 0 Å². The number of nitrogens with zero attached hydrogens (tertiary/aromatic N) is 7. The molecule has 1 saturated heterocycles. The molecule has 1 aliphatic rings. The third-order valence-corrected chi connectivity index (χ3v) is 10.1. The van der Waals surface area contributed by atoms with Crippen LogP contribution in [0.4, 0.5) is 5.82 Å². The molecule has 4 rings (SSSR count). The van der Waals surface area contributed by atoms with Gasteiger partial charge in [-0.25, -0.2) is 28.6 Å². The lowest BCUT2D eigenvalue weighted by Gasteiger charge is -2.34. The molecule has 6 atom stereocenters. The number of imidazole rings is 1. The van der Waals surface area contributed by atoms with Crippen LogP contribution in [0.15, 0.2) is 43.0 Å². The summed E-state index contributed by atoms with van der Waals surface area (Å²) in [4.78, 5) is 79.7. The molecule has 1 fully saturated rings. The van der Waals surface area contributed by atoms with Gasteiger partial charge in [-0.3, -0.25) is 44.2 Å². The van der Waals surface area contributed by atoms with Crippen LogP contribution in [-0.4, -0.2) is 87.9 Å². The number of nitrogens with two attached hydrogens (primary N) is 1. The van der Waals surface area contributed by atoms with E-state index in [1.54, 1.807) is 0 Å². The van der Waals surface area contributed by atoms with E-state index in [2.05, 4.69) is 28.1 Å². The van der Waals surface area contributed by atoms with E-state index in [1.165, 1.54) is 6.07 Å². The minimum absolute atomic E-state index is 0.336. The monoisotopic (exact) mass is 718 g/mol. The van der Waals surface area contributed by atoms with Crippen LogP contribution >= 0.6 is 23.5 Å². The Kier molecular flexibility index (Phi) is 8.42. The van der Waals surface area contributed by atoms with E-state index < -0.39 is 90.3 Å². The number of hydrogen-bond acceptors (Lipinski definition) is 19. The number of rotatable bonds is 12. The molecule has 0 aliphatic carbocycles. The molecule has 1 aromatic carbocycles. The van der Waals surface area contributed by atoms with E-state index in [-0.39, 0.29) is 0 Å². The number of aliphatic hydroxyl groups is 2. The Morgan fingerprint density at radius 3 is 1.98 bits per heavy atom. The van der Waals surface area contributed by atoms with Crippen LogP contribution in [-0.2, 0) is 37.3 Å². The third-order valence-electron chi connectivity index (χ3n) is 6.35. The first-order chi connectivity index (χ1) is 21.0. The van der Waals surface area contributed by atoms with Gasteiger partial charge in [0.25, 0.3) is 5.72 Å². The van der Waals surface area contributed by atoms with Gasteiger partial charge in [-0.15, -0.1) is 0 Å². The molecule has 0 amide bonds. The Balaban J connectivity index is 2.05. The molecule has 8 N–H and O–H groups in total. The van der Waals surface area contributed by atoms with Crippen molar-refractivity contribution in [3.8, 4) is 0 Å². The van der Waals surface area contributed by atoms with Gasteiger partial charge in [-0.1, -0.05) is 30.3 Å². The molecule has 27 nitrogen and oxygen atoms in total. The molecule has 2 aromatic heterocycles. The van der Waals surface area contributed by atoms with Gasteiger partial charge in [-0.05, 0) is 0 Å². The van der Waals surface area contributed by atoms with Crippen LogP contribution in [0, 0.1) is 30.3 Å². The molecule has 30 heteroatoms. The summed E-state index contributed by atoms with van der Waals surface area (Å²) in [7, 11) is -18.6. The highest BCUT2D eigenvalue weighted by molar-refractivity contribution is 7.66. The Morgan fingerprint density at radius 1 is 0.870 bits per heavy atom. The second-order valence-electron chi connectivity index (χ2n) is 8.92. The second kappa shape index (κ2) is 11.1. The van der Waals surface area contributed by atoms with Crippen molar-refractivity contribution in [2.24, 2.45) is 0 Å². The van der Waals surface area contributed by atoms with E-state index in [0.29, 0.717) is 10.9 Å². The van der Waals surface area contributed by atoms with Crippen molar-refractivity contribution < 1.29 is 76.1 Å². The molecule has 0 saturated carbocycles. The van der Waals surface area contributed by atoms with Gasteiger partial charge < -0.3 is 35.5 Å². The highest BCUT2D eigenvalue weighted by atomic mass is 31.3. The maximum Gasteiger partial charge on any atom is 0.523 e. The summed E-state index contributed by atoms with van der Waals surface area (Å²) >= 11 is 0. The van der Waals surface area contributed by atoms with Crippen LogP contribution < -0.4 is 5.73 Å². The van der Waals surface area contributed by atoms with Crippen molar-refractivity contribution >= 4 is 40.4 Å². The van der Waals surface area contributed by atoms with Gasteiger partial charge in [0.2, 0.25) is 0 Å². The number of hydrogen-bond donors (Lipinski definition) is 7. The predicted molar refractivity (Wildman–Crippen MR) is 138 cm³/mol. The Hall–Kier alpha value is -3.94. The molecule has 2 unspecified atom stereocenters. The Bertz CT molecular complexity index is 1890. The minimum atomic E-state index is -6.41. The van der Waals surface area contributed by atoms with E-state index in [0.717, 1.165) is 30.6 Å². The Morgan fingerprint density at radius 2 is 1.46 bits per heavy atom. The molecule has 0 spiro atoms. The highest BCUT2D eigenvalue weighted by Crippen LogP contribution is 2.67. The normalized spacial score (nSPS) is 29.2. The average molecular weight is 718 g/mol. The molecule has 0 bridgehead atoms. The Labute approximate surface area is 250 Å². The summed E-state index contributed by atoms with van der Waals surface area (Å²) in [5.74, 6) is -0.424. The number of aromatic nitrogens is 4. The standard InChI is InChI=1S/C16H17N8O19P3/c17-11-10-12(19-7-18-11)21(8-20-10)14(9-4-2-1-3-5-9)16(26,24(31)32)15(25,23(29)30)13(41-14,22(27)28)6-40-45(36,37)43-46(38,39)42-44(33,34)35/h1-5,7-8,25-26H,6H2,(H,36,37)(H,38,39)(H2,17,18,19)(H2,33,34,35)/t13-,14-,15-,16+/m1/s1. The lowest BCUT2D eigenvalue weighted by molar-refractivity contribution is -0.804. The largest absolute Gasteiger partial charge is 0.523 e. The zero-order chi connectivity index (χ0) is 34.7. The first kappa shape index (κ1) is 34.9. The number of fused-ring (bicyclic) bond motifs is 1. The lowest BCUT2D eigenvalue weighted by Crippen LogP contribution is -2.76. The van der Waals surface area contributed by atoms with Gasteiger partial charge in [0.15, 0.2) is 18.1 Å². The van der Waals surface area contributed by atoms with E-state index in [4.69, 9.17) is 20.3 Å². The van der Waals surface area contributed by atoms with Crippen molar-refractivity contribution in [1.82, 2.24) is 19.5 Å². The van der Waals surface area contributed by atoms with Crippen LogP contribution in [0.2, 0.25) is 0 Å². The van der Waals surface area contributed by atoms with Gasteiger partial charge in [0, 0.05) is 5.56 Å². The van der Waals surface area contributed by atoms with E-state index >= 15 is 0 Å². The molecular formula is C16H17N8O19P3. The summed E-state index contributed by atoms with van der Waals surface area (Å²) in [5, 5.41) is 61.1. The molecule has 1 aliphatic heterocycles. The molecule has 46 heavy (non-hydrogen) atoms. The van der Waals surface area contributed by atoms with Crippen LogP contribution in [0.5, 0.6) is 0 Å². The SMILES string of the molecule is Nc1ncnc2c1ncn2[C@]1(c2ccccc2)O[C@@](COP(=O)(O)OP(=O)(O)OP(=O)(O)O)([N+](=O)[O-])[C@](O)([N+](=O)[O-])[C@]1(O)[N+](=O)[O-]. The van der Waals surface area contributed by atoms with Crippen molar-refractivity contribution in [3.05, 3.63) is 78.9 Å². The van der Waals surface area contributed by atoms with E-state index in [1.807, 2.05) is 0 Å². The number of phosphoric acid groups is 3. The number of anilines is 1. The van der Waals surface area contributed by atoms with Crippen molar-refractivity contribution in [2.45, 2.75) is 22.9 Å². The molecule has 250 valence electrons. The quantitative estimate of drug-likeness (QED) is 0.0479. The smallest absolute Gasteiger partial charge is 0.382 e. The summed E-state index contributed by atoms with van der Waals surface area (Å²) in [5.41, 5.74) is -14.2. The summed E-state index contributed by atoms with van der Waals surface area (Å²) < 4.78 is 51.9. The van der Waals surface area contributed by atoms with Crippen LogP contribution in [0.1, 0.15) is 5.56 Å². The zero-order valence-electron chi connectivity index (χ0n) is 21.8. The topological polar surface area (TPSA) is 409 Å². The molecule has 3 aromatic rings. The number of benzene rings is 1. The highest BCUT2D eigenvalue weighted by Gasteiger charge is 3.03. The van der Waals surface area contributed by atoms with Gasteiger partial charge >= 0.3 is 40.6 Å². The molecular weight excluding hydrogens is 701 g/mol. The maximum absolute atomic E-state index is 12.7. The summed E-state index contributed by atoms with van der Waals surface area (Å²) in [6.07, 6.45) is 1.29. The zero-order valence-corrected chi connectivity index (χ0v) is 24.5. The van der Waals surface area contributed by atoms with Crippen LogP contribution in [0.3, 0.4) is 0 Å². The fourth-order valence-electron chi connectivity index (χ4n) is 4.60. The molecule has 0 radical (unpaired) electrons. The fourth-order valence-corrected chi connectivity index (χ4v) is 7.63.